The van der Waals surface area contributed by atoms with Crippen LogP contribution in [0.15, 0.2) is 24.3 Å². The second-order valence-electron chi connectivity index (χ2n) is 3.72. The minimum Gasteiger partial charge on any atom is -0.306 e. The smallest absolute Gasteiger partial charge is 0.00161 e. The lowest BCUT2D eigenvalue weighted by Crippen LogP contribution is -2.30. The highest BCUT2D eigenvalue weighted by Gasteiger charge is 2.16. The molecular weight excluding hydrogens is 146 g/mol. The summed E-state index contributed by atoms with van der Waals surface area (Å²) in [5.41, 5.74) is 1.50. The Morgan fingerprint density at radius 2 is 2.00 bits per heavy atom. The van der Waals surface area contributed by atoms with Crippen LogP contribution in [0.25, 0.3) is 0 Å². The van der Waals surface area contributed by atoms with E-state index >= 15 is 0 Å². The Morgan fingerprint density at radius 3 is 2.50 bits per heavy atom. The second kappa shape index (κ2) is 4.46. The molecule has 0 spiro atoms. The monoisotopic (exact) mass is 165 g/mol. The molecule has 0 atom stereocenters. The van der Waals surface area contributed by atoms with Crippen LogP contribution < -0.4 is 0 Å². The summed E-state index contributed by atoms with van der Waals surface area (Å²) in [7, 11) is 2.20. The van der Waals surface area contributed by atoms with Gasteiger partial charge in [0, 0.05) is 0 Å². The number of allylic oxidation sites excluding steroid dienone is 3. The molecule has 0 saturated carbocycles. The van der Waals surface area contributed by atoms with Crippen LogP contribution in [0.5, 0.6) is 0 Å². The van der Waals surface area contributed by atoms with Gasteiger partial charge in [-0.25, -0.2) is 0 Å². The highest BCUT2D eigenvalue weighted by Crippen LogP contribution is 2.23. The topological polar surface area (TPSA) is 3.24 Å². The van der Waals surface area contributed by atoms with Crippen molar-refractivity contribution >= 4 is 0 Å². The van der Waals surface area contributed by atoms with Gasteiger partial charge < -0.3 is 4.90 Å². The summed E-state index contributed by atoms with van der Waals surface area (Å²) in [6.07, 6.45) is 6.67. The molecule has 0 unspecified atom stereocenters. The summed E-state index contributed by atoms with van der Waals surface area (Å²) in [6, 6.07) is 0. The van der Waals surface area contributed by atoms with Gasteiger partial charge in [0.15, 0.2) is 0 Å². The van der Waals surface area contributed by atoms with Gasteiger partial charge in [0.1, 0.15) is 0 Å². The van der Waals surface area contributed by atoms with E-state index in [1.165, 1.54) is 31.5 Å². The van der Waals surface area contributed by atoms with Gasteiger partial charge >= 0.3 is 0 Å². The Bertz CT molecular complexity index is 173. The maximum atomic E-state index is 3.72. The predicted molar refractivity (Wildman–Crippen MR) is 54.2 cm³/mol. The van der Waals surface area contributed by atoms with E-state index in [1.807, 2.05) is 6.08 Å². The number of piperidine rings is 1. The van der Waals surface area contributed by atoms with Gasteiger partial charge in [-0.2, -0.15) is 0 Å². The molecule has 0 aliphatic carbocycles. The van der Waals surface area contributed by atoms with Crippen molar-refractivity contribution in [3.05, 3.63) is 24.3 Å². The van der Waals surface area contributed by atoms with Gasteiger partial charge in [0.25, 0.3) is 0 Å². The molecule has 1 aliphatic rings. The van der Waals surface area contributed by atoms with Crippen LogP contribution in [0.2, 0.25) is 0 Å². The zero-order valence-corrected chi connectivity index (χ0v) is 8.21. The number of likely N-dealkylation sites (tertiary alicyclic amines) is 1. The lowest BCUT2D eigenvalue weighted by molar-refractivity contribution is 0.238. The van der Waals surface area contributed by atoms with E-state index in [2.05, 4.69) is 31.5 Å². The Balaban J connectivity index is 2.44. The third-order valence-corrected chi connectivity index (χ3v) is 2.74. The lowest BCUT2D eigenvalue weighted by atomic mass is 9.90. The molecule has 1 rings (SSSR count). The molecule has 0 radical (unpaired) electrons. The molecule has 1 nitrogen and oxygen atoms in total. The molecule has 12 heavy (non-hydrogen) atoms. The van der Waals surface area contributed by atoms with Crippen molar-refractivity contribution < 1.29 is 0 Å². The van der Waals surface area contributed by atoms with Gasteiger partial charge in [-0.3, -0.25) is 0 Å². The van der Waals surface area contributed by atoms with E-state index in [0.717, 1.165) is 5.92 Å². The number of nitrogens with zero attached hydrogens (tertiary/aromatic N) is 1. The molecule has 0 aromatic carbocycles. The predicted octanol–water partition coefficient (Wildman–Crippen LogP) is 2.46. The summed E-state index contributed by atoms with van der Waals surface area (Å²) in [4.78, 5) is 2.40. The fourth-order valence-corrected chi connectivity index (χ4v) is 1.79. The molecule has 1 saturated heterocycles. The largest absolute Gasteiger partial charge is 0.306 e. The van der Waals surface area contributed by atoms with Gasteiger partial charge in [-0.1, -0.05) is 24.3 Å². The summed E-state index contributed by atoms with van der Waals surface area (Å²) in [5, 5.41) is 0. The van der Waals surface area contributed by atoms with Crippen LogP contribution in [0.1, 0.15) is 19.8 Å². The van der Waals surface area contributed by atoms with Crippen LogP contribution in [-0.4, -0.2) is 25.0 Å². The molecular formula is C11H19N. The Labute approximate surface area is 75.8 Å². The minimum absolute atomic E-state index is 0.805. The number of hydrogen-bond acceptors (Lipinski definition) is 1. The highest BCUT2D eigenvalue weighted by atomic mass is 15.1. The van der Waals surface area contributed by atoms with Crippen molar-refractivity contribution in [2.24, 2.45) is 5.92 Å². The Morgan fingerprint density at radius 1 is 1.42 bits per heavy atom. The minimum atomic E-state index is 0.805. The summed E-state index contributed by atoms with van der Waals surface area (Å²) in [5.74, 6) is 0.805. The molecule has 1 fully saturated rings. The first kappa shape index (κ1) is 9.53. The van der Waals surface area contributed by atoms with E-state index in [4.69, 9.17) is 0 Å². The fourth-order valence-electron chi connectivity index (χ4n) is 1.79. The van der Waals surface area contributed by atoms with Gasteiger partial charge in [0.05, 0.1) is 0 Å². The molecule has 1 heteroatoms. The zero-order valence-electron chi connectivity index (χ0n) is 8.21. The summed E-state index contributed by atoms with van der Waals surface area (Å²) < 4.78 is 0. The number of hydrogen-bond donors (Lipinski definition) is 0. The molecule has 68 valence electrons. The van der Waals surface area contributed by atoms with Crippen LogP contribution in [0.4, 0.5) is 0 Å². The SMILES string of the molecule is C=C/C=C(\C)C1CCN(C)CC1. The van der Waals surface area contributed by atoms with Crippen molar-refractivity contribution in [2.75, 3.05) is 20.1 Å². The standard InChI is InChI=1S/C11H19N/c1-4-5-10(2)11-6-8-12(3)9-7-11/h4-5,11H,1,6-9H2,2-3H3/b10-5+. The summed E-state index contributed by atoms with van der Waals surface area (Å²) >= 11 is 0. The number of rotatable bonds is 2. The Hall–Kier alpha value is -0.560. The van der Waals surface area contributed by atoms with Crippen LogP contribution >= 0.6 is 0 Å². The van der Waals surface area contributed by atoms with E-state index < -0.39 is 0 Å². The first-order valence-corrected chi connectivity index (χ1v) is 4.72. The van der Waals surface area contributed by atoms with E-state index in [9.17, 15) is 0 Å². The molecule has 0 aromatic rings. The molecule has 1 aliphatic heterocycles. The second-order valence-corrected chi connectivity index (χ2v) is 3.72. The maximum Gasteiger partial charge on any atom is -0.00161 e. The fraction of sp³-hybridized carbons (Fsp3) is 0.636. The van der Waals surface area contributed by atoms with Crippen LogP contribution in [0, 0.1) is 5.92 Å². The van der Waals surface area contributed by atoms with Crippen LogP contribution in [0.3, 0.4) is 0 Å². The maximum absolute atomic E-state index is 3.72. The quantitative estimate of drug-likeness (QED) is 0.568. The normalized spacial score (nSPS) is 22.7. The molecule has 0 aromatic heterocycles. The highest BCUT2D eigenvalue weighted by molar-refractivity contribution is 5.11. The third kappa shape index (κ3) is 2.49. The van der Waals surface area contributed by atoms with E-state index in [0.29, 0.717) is 0 Å². The first-order valence-electron chi connectivity index (χ1n) is 4.72. The Kier molecular flexibility index (Phi) is 3.54. The molecule has 0 N–H and O–H groups in total. The van der Waals surface area contributed by atoms with Crippen molar-refractivity contribution in [2.45, 2.75) is 19.8 Å². The van der Waals surface area contributed by atoms with Crippen molar-refractivity contribution in [3.8, 4) is 0 Å². The van der Waals surface area contributed by atoms with Gasteiger partial charge in [0.2, 0.25) is 0 Å². The average Bonchev–Trinajstić information content (AvgIpc) is 2.06. The molecule has 0 bridgehead atoms. The lowest BCUT2D eigenvalue weighted by Gasteiger charge is -2.29. The van der Waals surface area contributed by atoms with Crippen molar-refractivity contribution in [1.82, 2.24) is 4.90 Å². The first-order chi connectivity index (χ1) is 5.74. The third-order valence-electron chi connectivity index (χ3n) is 2.74. The van der Waals surface area contributed by atoms with Crippen molar-refractivity contribution in [3.63, 3.8) is 0 Å². The van der Waals surface area contributed by atoms with E-state index in [1.54, 1.807) is 0 Å². The molecule has 1 heterocycles. The van der Waals surface area contributed by atoms with Crippen molar-refractivity contribution in [1.29, 1.82) is 0 Å². The van der Waals surface area contributed by atoms with E-state index in [-0.39, 0.29) is 0 Å². The van der Waals surface area contributed by atoms with Gasteiger partial charge in [-0.05, 0) is 45.8 Å². The van der Waals surface area contributed by atoms with Gasteiger partial charge in [-0.15, -0.1) is 0 Å². The van der Waals surface area contributed by atoms with Crippen LogP contribution in [-0.2, 0) is 0 Å². The average molecular weight is 165 g/mol. The molecule has 0 amide bonds. The zero-order chi connectivity index (χ0) is 8.97. The summed E-state index contributed by atoms with van der Waals surface area (Å²) in [6.45, 7) is 8.43.